The van der Waals surface area contributed by atoms with E-state index in [-0.39, 0.29) is 46.9 Å². The molecule has 0 N–H and O–H groups in total. The van der Waals surface area contributed by atoms with Crippen LogP contribution in [0.4, 0.5) is 0 Å². The number of carbonyl (C=O) groups excluding carboxylic acids is 3. The summed E-state index contributed by atoms with van der Waals surface area (Å²) in [4.78, 5) is 35.6. The van der Waals surface area contributed by atoms with Crippen LogP contribution in [-0.4, -0.2) is 37.2 Å². The van der Waals surface area contributed by atoms with E-state index in [1.165, 1.54) is 26.5 Å². The average Bonchev–Trinajstić information content (AvgIpc) is 3.14. The van der Waals surface area contributed by atoms with Gasteiger partial charge in [-0.2, -0.15) is 0 Å². The number of rotatable bonds is 6. The first-order chi connectivity index (χ1) is 16.5. The monoisotopic (exact) mass is 488 g/mol. The molecular weight excluding hydrogens is 444 g/mol. The van der Waals surface area contributed by atoms with Gasteiger partial charge in [-0.3, -0.25) is 14.4 Å². The summed E-state index contributed by atoms with van der Waals surface area (Å²) in [6, 6.07) is 0. The number of hydrogen-bond acceptors (Lipinski definition) is 6. The zero-order valence-corrected chi connectivity index (χ0v) is 22.4. The van der Waals surface area contributed by atoms with Gasteiger partial charge in [0, 0.05) is 26.2 Å². The molecule has 35 heavy (non-hydrogen) atoms. The highest BCUT2D eigenvalue weighted by molar-refractivity contribution is 5.69. The van der Waals surface area contributed by atoms with Gasteiger partial charge in [0.15, 0.2) is 0 Å². The standard InChI is InChI=1S/C29H44O6/c1-17(7-10-26(32)33-6)22-8-9-23-27-24(12-14-29(22,23)5)28(4)13-11-21(34-18(2)30)15-20(28)16-25(27)35-19(3)31/h9,17,20-22,24-25,27H,7-8,10-16H2,1-6H3/t17-,20+,21-,22-,24+,25+,27+,28+,29-/m1/s1. The molecule has 3 saturated carbocycles. The molecule has 0 radical (unpaired) electrons. The fourth-order valence-corrected chi connectivity index (χ4v) is 8.71. The van der Waals surface area contributed by atoms with Crippen molar-refractivity contribution in [3.63, 3.8) is 0 Å². The Hall–Kier alpha value is -1.85. The van der Waals surface area contributed by atoms with Crippen molar-refractivity contribution < 1.29 is 28.6 Å². The number of carbonyl (C=O) groups is 3. The Kier molecular flexibility index (Phi) is 7.41. The Morgan fingerprint density at radius 1 is 1.06 bits per heavy atom. The lowest BCUT2D eigenvalue weighted by atomic mass is 9.45. The van der Waals surface area contributed by atoms with Gasteiger partial charge < -0.3 is 14.2 Å². The van der Waals surface area contributed by atoms with Crippen molar-refractivity contribution in [2.45, 2.75) is 105 Å². The summed E-state index contributed by atoms with van der Waals surface area (Å²) in [5, 5.41) is 0. The number of methoxy groups -OCH3 is 1. The van der Waals surface area contributed by atoms with Gasteiger partial charge in [0.05, 0.1) is 7.11 Å². The van der Waals surface area contributed by atoms with Crippen molar-refractivity contribution in [1.82, 2.24) is 0 Å². The van der Waals surface area contributed by atoms with E-state index in [0.29, 0.717) is 30.1 Å². The first-order valence-electron chi connectivity index (χ1n) is 13.6. The lowest BCUT2D eigenvalue weighted by Gasteiger charge is -2.61. The van der Waals surface area contributed by atoms with E-state index in [4.69, 9.17) is 14.2 Å². The van der Waals surface area contributed by atoms with E-state index in [1.54, 1.807) is 0 Å². The van der Waals surface area contributed by atoms with Gasteiger partial charge in [0.1, 0.15) is 12.2 Å². The summed E-state index contributed by atoms with van der Waals surface area (Å²) in [6.45, 7) is 10.1. The fourth-order valence-electron chi connectivity index (χ4n) is 8.71. The molecule has 6 heteroatoms. The number of allylic oxidation sites excluding steroid dienone is 1. The van der Waals surface area contributed by atoms with E-state index in [2.05, 4.69) is 26.8 Å². The molecule has 196 valence electrons. The van der Waals surface area contributed by atoms with Crippen LogP contribution < -0.4 is 0 Å². The molecule has 0 spiro atoms. The highest BCUT2D eigenvalue weighted by atomic mass is 16.5. The lowest BCUT2D eigenvalue weighted by molar-refractivity contribution is -0.175. The number of hydrogen-bond donors (Lipinski definition) is 0. The van der Waals surface area contributed by atoms with Crippen molar-refractivity contribution in [3.8, 4) is 0 Å². The Labute approximate surface area is 210 Å². The molecule has 0 bridgehead atoms. The third-order valence-corrected chi connectivity index (χ3v) is 10.5. The van der Waals surface area contributed by atoms with Crippen LogP contribution in [0, 0.1) is 40.4 Å². The van der Waals surface area contributed by atoms with Crippen molar-refractivity contribution in [2.24, 2.45) is 40.4 Å². The first kappa shape index (κ1) is 26.2. The van der Waals surface area contributed by atoms with E-state index in [9.17, 15) is 14.4 Å². The molecule has 3 fully saturated rings. The SMILES string of the molecule is COC(=O)CC[C@@H](C)[C@H]1CC=C2[C@@H]3[C@@H](OC(C)=O)C[C@@H]4C[C@H](OC(C)=O)CC[C@]4(C)[C@H]3CC[C@@]21C. The Balaban J connectivity index is 1.58. The molecule has 9 atom stereocenters. The molecule has 4 aliphatic carbocycles. The van der Waals surface area contributed by atoms with Gasteiger partial charge >= 0.3 is 17.9 Å². The Morgan fingerprint density at radius 3 is 2.43 bits per heavy atom. The van der Waals surface area contributed by atoms with Crippen LogP contribution in [0.2, 0.25) is 0 Å². The predicted molar refractivity (Wildman–Crippen MR) is 132 cm³/mol. The summed E-state index contributed by atoms with van der Waals surface area (Å²) < 4.78 is 16.6. The molecular formula is C29H44O6. The van der Waals surface area contributed by atoms with Crippen molar-refractivity contribution in [3.05, 3.63) is 11.6 Å². The van der Waals surface area contributed by atoms with Crippen LogP contribution in [0.5, 0.6) is 0 Å². The summed E-state index contributed by atoms with van der Waals surface area (Å²) in [5.41, 5.74) is 1.74. The lowest BCUT2D eigenvalue weighted by Crippen LogP contribution is -2.57. The highest BCUT2D eigenvalue weighted by Gasteiger charge is 2.61. The van der Waals surface area contributed by atoms with Gasteiger partial charge in [0.2, 0.25) is 0 Å². The molecule has 0 amide bonds. The van der Waals surface area contributed by atoms with Gasteiger partial charge in [-0.05, 0) is 85.9 Å². The van der Waals surface area contributed by atoms with Crippen molar-refractivity contribution >= 4 is 17.9 Å². The minimum Gasteiger partial charge on any atom is -0.469 e. The molecule has 0 heterocycles. The summed E-state index contributed by atoms with van der Waals surface area (Å²) >= 11 is 0. The second-order valence-electron chi connectivity index (χ2n) is 12.3. The Morgan fingerprint density at radius 2 is 1.77 bits per heavy atom. The number of fused-ring (bicyclic) bond motifs is 5. The van der Waals surface area contributed by atoms with Crippen LogP contribution >= 0.6 is 0 Å². The summed E-state index contributed by atoms with van der Waals surface area (Å²) in [7, 11) is 1.45. The van der Waals surface area contributed by atoms with Crippen LogP contribution in [0.1, 0.15) is 92.4 Å². The first-order valence-corrected chi connectivity index (χ1v) is 13.6. The third kappa shape index (κ3) is 4.79. The van der Waals surface area contributed by atoms with E-state index >= 15 is 0 Å². The summed E-state index contributed by atoms with van der Waals surface area (Å²) in [6.07, 6.45) is 10.6. The van der Waals surface area contributed by atoms with Gasteiger partial charge in [-0.25, -0.2) is 0 Å². The normalized spacial score (nSPS) is 40.9. The summed E-state index contributed by atoms with van der Waals surface area (Å²) in [5.74, 6) is 1.46. The molecule has 4 aliphatic rings. The molecule has 0 aromatic heterocycles. The van der Waals surface area contributed by atoms with Gasteiger partial charge in [-0.15, -0.1) is 0 Å². The number of ether oxygens (including phenoxy) is 3. The molecule has 0 unspecified atom stereocenters. The predicted octanol–water partition coefficient (Wildman–Crippen LogP) is 5.63. The fraction of sp³-hybridized carbons (Fsp3) is 0.828. The van der Waals surface area contributed by atoms with Crippen LogP contribution in [0.15, 0.2) is 11.6 Å². The highest BCUT2D eigenvalue weighted by Crippen LogP contribution is 2.67. The topological polar surface area (TPSA) is 78.9 Å². The molecule has 0 aliphatic heterocycles. The smallest absolute Gasteiger partial charge is 0.305 e. The largest absolute Gasteiger partial charge is 0.469 e. The van der Waals surface area contributed by atoms with E-state index < -0.39 is 0 Å². The van der Waals surface area contributed by atoms with E-state index in [1.807, 2.05) is 0 Å². The average molecular weight is 489 g/mol. The zero-order chi connectivity index (χ0) is 25.5. The molecule has 0 saturated heterocycles. The van der Waals surface area contributed by atoms with Crippen molar-refractivity contribution in [1.29, 1.82) is 0 Å². The molecule has 6 nitrogen and oxygen atoms in total. The molecule has 0 aromatic carbocycles. The maximum absolute atomic E-state index is 12.2. The Bertz CT molecular complexity index is 878. The second kappa shape index (κ2) is 9.89. The van der Waals surface area contributed by atoms with Crippen molar-refractivity contribution in [2.75, 3.05) is 7.11 Å². The molecule has 4 rings (SSSR count). The van der Waals surface area contributed by atoms with Crippen LogP contribution in [-0.2, 0) is 28.6 Å². The molecule has 0 aromatic rings. The minimum absolute atomic E-state index is 0.0281. The second-order valence-corrected chi connectivity index (χ2v) is 12.3. The van der Waals surface area contributed by atoms with Crippen LogP contribution in [0.25, 0.3) is 0 Å². The van der Waals surface area contributed by atoms with Gasteiger partial charge in [-0.1, -0.05) is 32.4 Å². The quantitative estimate of drug-likeness (QED) is 0.274. The minimum atomic E-state index is -0.210. The number of esters is 3. The van der Waals surface area contributed by atoms with Gasteiger partial charge in [0.25, 0.3) is 0 Å². The van der Waals surface area contributed by atoms with Crippen LogP contribution in [0.3, 0.4) is 0 Å². The maximum Gasteiger partial charge on any atom is 0.305 e. The maximum atomic E-state index is 12.2. The zero-order valence-electron chi connectivity index (χ0n) is 22.4. The third-order valence-electron chi connectivity index (χ3n) is 10.5. The van der Waals surface area contributed by atoms with E-state index in [0.717, 1.165) is 51.4 Å².